The van der Waals surface area contributed by atoms with Crippen LogP contribution in [0.15, 0.2) is 57.9 Å². The number of hydrogen-bond acceptors (Lipinski definition) is 4. The molecule has 0 aliphatic rings. The summed E-state index contributed by atoms with van der Waals surface area (Å²) in [6, 6.07) is 12.9. The van der Waals surface area contributed by atoms with E-state index in [2.05, 4.69) is 15.9 Å². The maximum Gasteiger partial charge on any atom is 0.297 e. The molecule has 21 heavy (non-hydrogen) atoms. The number of rotatable bonds is 5. The van der Waals surface area contributed by atoms with Crippen molar-refractivity contribution in [3.63, 3.8) is 0 Å². The molecule has 0 amide bonds. The van der Waals surface area contributed by atoms with Crippen molar-refractivity contribution >= 4 is 31.8 Å². The standard InChI is InChI=1S/C15H13BrO4S/c1-11-2-8-14(9-3-11)21(18,19)20-10-15(17)12-4-6-13(16)7-5-12/h2-9H,10H2,1H3. The summed E-state index contributed by atoms with van der Waals surface area (Å²) in [6.45, 7) is 1.34. The van der Waals surface area contributed by atoms with Crippen molar-refractivity contribution in [3.8, 4) is 0 Å². The van der Waals surface area contributed by atoms with Crippen LogP contribution in [0.5, 0.6) is 0 Å². The highest BCUT2D eigenvalue weighted by Crippen LogP contribution is 2.15. The van der Waals surface area contributed by atoms with Gasteiger partial charge in [0.05, 0.1) is 4.90 Å². The smallest absolute Gasteiger partial charge is 0.291 e. The van der Waals surface area contributed by atoms with E-state index in [9.17, 15) is 13.2 Å². The molecule has 0 atom stereocenters. The molecular weight excluding hydrogens is 356 g/mol. The predicted octanol–water partition coefficient (Wildman–Crippen LogP) is 3.35. The molecule has 0 aliphatic carbocycles. The highest BCUT2D eigenvalue weighted by molar-refractivity contribution is 9.10. The van der Waals surface area contributed by atoms with Gasteiger partial charge in [-0.05, 0) is 31.2 Å². The van der Waals surface area contributed by atoms with Gasteiger partial charge in [-0.2, -0.15) is 8.42 Å². The third kappa shape index (κ3) is 4.23. The van der Waals surface area contributed by atoms with Gasteiger partial charge in [0.15, 0.2) is 5.78 Å². The Labute approximate surface area is 132 Å². The number of hydrogen-bond donors (Lipinski definition) is 0. The van der Waals surface area contributed by atoms with Crippen molar-refractivity contribution in [3.05, 3.63) is 64.1 Å². The Hall–Kier alpha value is -1.50. The zero-order chi connectivity index (χ0) is 15.5. The molecule has 0 aromatic heterocycles. The summed E-state index contributed by atoms with van der Waals surface area (Å²) in [7, 11) is -3.92. The zero-order valence-electron chi connectivity index (χ0n) is 11.2. The van der Waals surface area contributed by atoms with E-state index >= 15 is 0 Å². The Morgan fingerprint density at radius 2 is 1.62 bits per heavy atom. The van der Waals surface area contributed by atoms with Gasteiger partial charge in [-0.15, -0.1) is 0 Å². The number of aryl methyl sites for hydroxylation is 1. The van der Waals surface area contributed by atoms with Crippen LogP contribution in [0.2, 0.25) is 0 Å². The predicted molar refractivity (Wildman–Crippen MR) is 82.8 cm³/mol. The molecule has 0 saturated carbocycles. The second-order valence-corrected chi connectivity index (χ2v) is 6.99. The first kappa shape index (κ1) is 15.9. The van der Waals surface area contributed by atoms with Crippen molar-refractivity contribution < 1.29 is 17.4 Å². The van der Waals surface area contributed by atoms with Crippen LogP contribution >= 0.6 is 15.9 Å². The van der Waals surface area contributed by atoms with E-state index < -0.39 is 22.5 Å². The Kier molecular flexibility index (Phi) is 4.92. The number of carbonyl (C=O) groups excluding carboxylic acids is 1. The summed E-state index contributed by atoms with van der Waals surface area (Å²) >= 11 is 3.26. The van der Waals surface area contributed by atoms with Crippen molar-refractivity contribution in [1.82, 2.24) is 0 Å². The molecule has 0 saturated heterocycles. The number of ketones is 1. The van der Waals surface area contributed by atoms with Gasteiger partial charge in [0.1, 0.15) is 6.61 Å². The molecule has 2 aromatic rings. The Morgan fingerprint density at radius 1 is 1.05 bits per heavy atom. The first-order valence-electron chi connectivity index (χ1n) is 6.13. The van der Waals surface area contributed by atoms with Gasteiger partial charge < -0.3 is 0 Å². The van der Waals surface area contributed by atoms with Crippen molar-refractivity contribution in [2.24, 2.45) is 0 Å². The molecule has 2 rings (SSSR count). The zero-order valence-corrected chi connectivity index (χ0v) is 13.6. The molecule has 0 aliphatic heterocycles. The van der Waals surface area contributed by atoms with Crippen LogP contribution in [-0.2, 0) is 14.3 Å². The molecular formula is C15H13BrO4S. The number of carbonyl (C=O) groups is 1. The average molecular weight is 369 g/mol. The van der Waals surface area contributed by atoms with Gasteiger partial charge in [-0.1, -0.05) is 45.8 Å². The fourth-order valence-electron chi connectivity index (χ4n) is 1.62. The molecule has 0 radical (unpaired) electrons. The van der Waals surface area contributed by atoms with Gasteiger partial charge in [-0.25, -0.2) is 0 Å². The third-order valence-electron chi connectivity index (χ3n) is 2.82. The summed E-state index contributed by atoms with van der Waals surface area (Å²) in [5.74, 6) is -0.391. The molecule has 0 N–H and O–H groups in total. The van der Waals surface area contributed by atoms with E-state index in [4.69, 9.17) is 4.18 Å². The van der Waals surface area contributed by atoms with Gasteiger partial charge in [0.25, 0.3) is 10.1 Å². The molecule has 6 heteroatoms. The quantitative estimate of drug-likeness (QED) is 0.599. The van der Waals surface area contributed by atoms with E-state index in [1.807, 2.05) is 6.92 Å². The highest BCUT2D eigenvalue weighted by atomic mass is 79.9. The second kappa shape index (κ2) is 6.51. The topological polar surface area (TPSA) is 60.4 Å². The Morgan fingerprint density at radius 3 is 2.19 bits per heavy atom. The van der Waals surface area contributed by atoms with Gasteiger partial charge in [0.2, 0.25) is 0 Å². The lowest BCUT2D eigenvalue weighted by atomic mass is 10.1. The van der Waals surface area contributed by atoms with E-state index in [1.165, 1.54) is 12.1 Å². The Bertz CT molecular complexity index is 734. The minimum Gasteiger partial charge on any atom is -0.291 e. The first-order chi connectivity index (χ1) is 9.88. The van der Waals surface area contributed by atoms with Crippen LogP contribution in [0.3, 0.4) is 0 Å². The van der Waals surface area contributed by atoms with E-state index in [1.54, 1.807) is 36.4 Å². The highest BCUT2D eigenvalue weighted by Gasteiger charge is 2.17. The van der Waals surface area contributed by atoms with Crippen LogP contribution in [0, 0.1) is 6.92 Å². The lowest BCUT2D eigenvalue weighted by Gasteiger charge is -2.06. The third-order valence-corrected chi connectivity index (χ3v) is 4.63. The normalized spacial score (nSPS) is 11.3. The fourth-order valence-corrected chi connectivity index (χ4v) is 2.76. The monoisotopic (exact) mass is 368 g/mol. The molecule has 0 fully saturated rings. The van der Waals surface area contributed by atoms with Crippen molar-refractivity contribution in [2.45, 2.75) is 11.8 Å². The van der Waals surface area contributed by atoms with Crippen LogP contribution in [0.25, 0.3) is 0 Å². The molecule has 110 valence electrons. The maximum absolute atomic E-state index is 12.0. The number of benzene rings is 2. The SMILES string of the molecule is Cc1ccc(S(=O)(=O)OCC(=O)c2ccc(Br)cc2)cc1. The van der Waals surface area contributed by atoms with E-state index in [-0.39, 0.29) is 4.90 Å². The lowest BCUT2D eigenvalue weighted by molar-refractivity contribution is 0.0924. The molecule has 4 nitrogen and oxygen atoms in total. The first-order valence-corrected chi connectivity index (χ1v) is 8.33. The molecule has 0 heterocycles. The largest absolute Gasteiger partial charge is 0.297 e. The van der Waals surface area contributed by atoms with Crippen molar-refractivity contribution in [1.29, 1.82) is 0 Å². The van der Waals surface area contributed by atoms with E-state index in [0.29, 0.717) is 5.56 Å². The molecule has 0 spiro atoms. The minimum absolute atomic E-state index is 0.0386. The maximum atomic E-state index is 12.0. The van der Waals surface area contributed by atoms with Gasteiger partial charge >= 0.3 is 0 Å². The van der Waals surface area contributed by atoms with Crippen LogP contribution < -0.4 is 0 Å². The van der Waals surface area contributed by atoms with Crippen LogP contribution in [0.4, 0.5) is 0 Å². The minimum atomic E-state index is -3.92. The summed E-state index contributed by atoms with van der Waals surface area (Å²) in [6.07, 6.45) is 0. The van der Waals surface area contributed by atoms with Crippen molar-refractivity contribution in [2.75, 3.05) is 6.61 Å². The average Bonchev–Trinajstić information content (AvgIpc) is 2.46. The molecule has 2 aromatic carbocycles. The second-order valence-electron chi connectivity index (χ2n) is 4.46. The molecule has 0 bridgehead atoms. The lowest BCUT2D eigenvalue weighted by Crippen LogP contribution is -2.14. The molecule has 0 unspecified atom stereocenters. The van der Waals surface area contributed by atoms with E-state index in [0.717, 1.165) is 10.0 Å². The summed E-state index contributed by atoms with van der Waals surface area (Å²) in [5, 5.41) is 0. The summed E-state index contributed by atoms with van der Waals surface area (Å²) in [5.41, 5.74) is 1.34. The Balaban J connectivity index is 2.06. The van der Waals surface area contributed by atoms with Gasteiger partial charge in [0, 0.05) is 10.0 Å². The fraction of sp³-hybridized carbons (Fsp3) is 0.133. The summed E-state index contributed by atoms with van der Waals surface area (Å²) < 4.78 is 29.6. The summed E-state index contributed by atoms with van der Waals surface area (Å²) in [4.78, 5) is 11.9. The van der Waals surface area contributed by atoms with Gasteiger partial charge in [-0.3, -0.25) is 8.98 Å². The number of halogens is 1. The van der Waals surface area contributed by atoms with Crippen LogP contribution in [0.1, 0.15) is 15.9 Å². The number of Topliss-reactive ketones (excluding diaryl/α,β-unsaturated/α-hetero) is 1. The van der Waals surface area contributed by atoms with Crippen LogP contribution in [-0.4, -0.2) is 20.8 Å².